The summed E-state index contributed by atoms with van der Waals surface area (Å²) < 4.78 is 38.0. The van der Waals surface area contributed by atoms with Crippen molar-refractivity contribution < 1.29 is 18.0 Å². The molecular formula is C13H12F3N3OS. The first-order valence-corrected chi connectivity index (χ1v) is 6.84. The molecule has 0 fully saturated rings. The van der Waals surface area contributed by atoms with Gasteiger partial charge in [0.05, 0.1) is 0 Å². The van der Waals surface area contributed by atoms with Crippen LogP contribution in [0.5, 0.6) is 0 Å². The van der Waals surface area contributed by atoms with Crippen LogP contribution in [0.3, 0.4) is 0 Å². The highest BCUT2D eigenvalue weighted by Crippen LogP contribution is 2.21. The third kappa shape index (κ3) is 4.45. The van der Waals surface area contributed by atoms with Crippen LogP contribution in [0.15, 0.2) is 35.7 Å². The number of hydrogen-bond acceptors (Lipinski definition) is 4. The van der Waals surface area contributed by atoms with Crippen LogP contribution in [-0.2, 0) is 6.54 Å². The first kappa shape index (κ1) is 15.3. The molecule has 0 bridgehead atoms. The second-order valence-electron chi connectivity index (χ2n) is 4.33. The van der Waals surface area contributed by atoms with Crippen LogP contribution >= 0.6 is 11.3 Å². The number of thiazole rings is 1. The summed E-state index contributed by atoms with van der Waals surface area (Å²) in [6, 6.07) is 8.47. The molecule has 0 spiro atoms. The molecule has 0 saturated heterocycles. The number of halogens is 3. The number of nitrogens with two attached hydrogens (primary N) is 1. The van der Waals surface area contributed by atoms with Gasteiger partial charge in [-0.05, 0) is 5.56 Å². The van der Waals surface area contributed by atoms with Crippen LogP contribution in [0, 0.1) is 0 Å². The molecule has 4 nitrogen and oxygen atoms in total. The van der Waals surface area contributed by atoms with E-state index in [2.05, 4.69) is 4.98 Å². The van der Waals surface area contributed by atoms with Gasteiger partial charge < -0.3 is 10.6 Å². The largest absolute Gasteiger partial charge is 0.406 e. The van der Waals surface area contributed by atoms with Crippen LogP contribution in [0.1, 0.15) is 16.1 Å². The van der Waals surface area contributed by atoms with Gasteiger partial charge in [0.25, 0.3) is 5.91 Å². The van der Waals surface area contributed by atoms with E-state index < -0.39 is 18.6 Å². The van der Waals surface area contributed by atoms with Gasteiger partial charge in [0.1, 0.15) is 12.2 Å². The number of benzene rings is 1. The fraction of sp³-hybridized carbons (Fsp3) is 0.231. The molecule has 0 atom stereocenters. The number of aromatic nitrogens is 1. The highest BCUT2D eigenvalue weighted by atomic mass is 32.1. The van der Waals surface area contributed by atoms with Crippen LogP contribution in [0.2, 0.25) is 0 Å². The second kappa shape index (κ2) is 6.13. The summed E-state index contributed by atoms with van der Waals surface area (Å²) in [5.74, 6) is -0.788. The Labute approximate surface area is 123 Å². The van der Waals surface area contributed by atoms with E-state index in [-0.39, 0.29) is 17.4 Å². The van der Waals surface area contributed by atoms with Crippen molar-refractivity contribution in [3.63, 3.8) is 0 Å². The Morgan fingerprint density at radius 1 is 1.29 bits per heavy atom. The summed E-state index contributed by atoms with van der Waals surface area (Å²) in [6.45, 7) is -1.48. The van der Waals surface area contributed by atoms with Crippen molar-refractivity contribution in [3.05, 3.63) is 47.0 Å². The lowest BCUT2D eigenvalue weighted by molar-refractivity contribution is -0.141. The van der Waals surface area contributed by atoms with Crippen molar-refractivity contribution in [2.24, 2.45) is 0 Å². The first-order valence-electron chi connectivity index (χ1n) is 5.96. The lowest BCUT2D eigenvalue weighted by Gasteiger charge is -2.23. The Balaban J connectivity index is 2.21. The zero-order chi connectivity index (χ0) is 15.5. The number of hydrogen-bond donors (Lipinski definition) is 1. The van der Waals surface area contributed by atoms with Gasteiger partial charge in [-0.1, -0.05) is 30.3 Å². The maximum Gasteiger partial charge on any atom is 0.406 e. The molecule has 2 aromatic rings. The number of nitrogen functional groups attached to an aromatic ring is 1. The third-order valence-corrected chi connectivity index (χ3v) is 3.29. The third-order valence-electron chi connectivity index (χ3n) is 2.61. The minimum Gasteiger partial charge on any atom is -0.375 e. The van der Waals surface area contributed by atoms with E-state index in [0.717, 1.165) is 11.3 Å². The number of rotatable bonds is 4. The van der Waals surface area contributed by atoms with Crippen molar-refractivity contribution >= 4 is 22.4 Å². The number of alkyl halides is 3. The van der Waals surface area contributed by atoms with Gasteiger partial charge in [0.2, 0.25) is 0 Å². The topological polar surface area (TPSA) is 59.2 Å². The van der Waals surface area contributed by atoms with Crippen molar-refractivity contribution in [1.29, 1.82) is 0 Å². The van der Waals surface area contributed by atoms with E-state index in [1.807, 2.05) is 0 Å². The van der Waals surface area contributed by atoms with Crippen molar-refractivity contribution in [2.75, 3.05) is 12.3 Å². The maximum absolute atomic E-state index is 12.7. The first-order chi connectivity index (χ1) is 9.85. The molecule has 1 amide bonds. The molecule has 0 saturated carbocycles. The Kier molecular flexibility index (Phi) is 4.46. The van der Waals surface area contributed by atoms with Gasteiger partial charge in [0, 0.05) is 11.9 Å². The normalized spacial score (nSPS) is 11.4. The molecule has 1 aromatic heterocycles. The molecule has 112 valence electrons. The summed E-state index contributed by atoms with van der Waals surface area (Å²) in [7, 11) is 0. The number of nitrogens with zero attached hydrogens (tertiary/aromatic N) is 2. The van der Waals surface area contributed by atoms with E-state index in [4.69, 9.17) is 5.73 Å². The van der Waals surface area contributed by atoms with Gasteiger partial charge in [-0.25, -0.2) is 4.98 Å². The Morgan fingerprint density at radius 2 is 1.95 bits per heavy atom. The van der Waals surface area contributed by atoms with E-state index in [1.54, 1.807) is 30.3 Å². The molecule has 0 aliphatic rings. The summed E-state index contributed by atoms with van der Waals surface area (Å²) in [5.41, 5.74) is 5.95. The molecule has 0 aliphatic heterocycles. The minimum absolute atomic E-state index is 0.0716. The van der Waals surface area contributed by atoms with E-state index >= 15 is 0 Å². The molecule has 0 radical (unpaired) electrons. The predicted octanol–water partition coefficient (Wildman–Crippen LogP) is 2.93. The zero-order valence-corrected chi connectivity index (χ0v) is 11.6. The van der Waals surface area contributed by atoms with Crippen molar-refractivity contribution in [2.45, 2.75) is 12.7 Å². The molecule has 0 unspecified atom stereocenters. The van der Waals surface area contributed by atoms with E-state index in [0.29, 0.717) is 10.5 Å². The molecule has 21 heavy (non-hydrogen) atoms. The summed E-state index contributed by atoms with van der Waals surface area (Å²) in [5, 5.41) is 1.50. The van der Waals surface area contributed by atoms with E-state index in [9.17, 15) is 18.0 Å². The van der Waals surface area contributed by atoms with E-state index in [1.165, 1.54) is 5.38 Å². The molecule has 1 heterocycles. The Morgan fingerprint density at radius 3 is 2.48 bits per heavy atom. The second-order valence-corrected chi connectivity index (χ2v) is 5.22. The molecular weight excluding hydrogens is 303 g/mol. The summed E-state index contributed by atoms with van der Waals surface area (Å²) in [6.07, 6.45) is -4.48. The predicted molar refractivity (Wildman–Crippen MR) is 73.8 cm³/mol. The average Bonchev–Trinajstić information content (AvgIpc) is 2.83. The van der Waals surface area contributed by atoms with Gasteiger partial charge in [0.15, 0.2) is 5.13 Å². The van der Waals surface area contributed by atoms with Crippen molar-refractivity contribution in [3.8, 4) is 0 Å². The molecule has 2 rings (SSSR count). The lowest BCUT2D eigenvalue weighted by atomic mass is 10.2. The minimum atomic E-state index is -4.48. The zero-order valence-electron chi connectivity index (χ0n) is 10.8. The summed E-state index contributed by atoms with van der Waals surface area (Å²) in [4.78, 5) is 16.6. The number of carbonyl (C=O) groups excluding carboxylic acids is 1. The van der Waals surface area contributed by atoms with Crippen LogP contribution in [0.25, 0.3) is 0 Å². The molecule has 1 aromatic carbocycles. The fourth-order valence-corrected chi connectivity index (χ4v) is 2.30. The van der Waals surface area contributed by atoms with Crippen LogP contribution in [0.4, 0.5) is 18.3 Å². The number of anilines is 1. The number of carbonyl (C=O) groups is 1. The smallest absolute Gasteiger partial charge is 0.375 e. The lowest BCUT2D eigenvalue weighted by Crippen LogP contribution is -2.38. The van der Waals surface area contributed by atoms with Crippen molar-refractivity contribution in [1.82, 2.24) is 9.88 Å². The van der Waals surface area contributed by atoms with Gasteiger partial charge in [-0.3, -0.25) is 4.79 Å². The standard InChI is InChI=1S/C13H12F3N3OS/c14-13(15,16)8-19(6-9-4-2-1-3-5-9)11(20)10-7-21-12(17)18-10/h1-5,7H,6,8H2,(H2,17,18). The quantitative estimate of drug-likeness (QED) is 0.943. The molecule has 2 N–H and O–H groups in total. The monoisotopic (exact) mass is 315 g/mol. The Hall–Kier alpha value is -2.09. The van der Waals surface area contributed by atoms with Gasteiger partial charge in [-0.15, -0.1) is 11.3 Å². The highest BCUT2D eigenvalue weighted by molar-refractivity contribution is 7.13. The van der Waals surface area contributed by atoms with Crippen LogP contribution < -0.4 is 5.73 Å². The SMILES string of the molecule is Nc1nc(C(=O)N(Cc2ccccc2)CC(F)(F)F)cs1. The van der Waals surface area contributed by atoms with Gasteiger partial charge >= 0.3 is 6.18 Å². The fourth-order valence-electron chi connectivity index (χ4n) is 1.77. The number of amides is 1. The molecule has 8 heteroatoms. The highest BCUT2D eigenvalue weighted by Gasteiger charge is 2.34. The summed E-state index contributed by atoms with van der Waals surface area (Å²) >= 11 is 1.01. The van der Waals surface area contributed by atoms with Crippen LogP contribution in [-0.4, -0.2) is 28.5 Å². The maximum atomic E-state index is 12.7. The average molecular weight is 315 g/mol. The molecule has 0 aliphatic carbocycles. The van der Waals surface area contributed by atoms with Gasteiger partial charge in [-0.2, -0.15) is 13.2 Å². The Bertz CT molecular complexity index is 613.